The van der Waals surface area contributed by atoms with Crippen LogP contribution in [0.4, 0.5) is 14.9 Å². The number of carbonyl (C=O) groups is 1. The Labute approximate surface area is 144 Å². The van der Waals surface area contributed by atoms with Gasteiger partial charge in [-0.1, -0.05) is 0 Å². The minimum Gasteiger partial charge on any atom is -0.448 e. The quantitative estimate of drug-likeness (QED) is 0.745. The first-order chi connectivity index (χ1) is 12.0. The molecule has 0 fully saturated rings. The smallest absolute Gasteiger partial charge is 0.411 e. The Hall–Kier alpha value is -2.93. The minimum absolute atomic E-state index is 0.259. The van der Waals surface area contributed by atoms with Gasteiger partial charge in [0.1, 0.15) is 18.1 Å². The molecular weight excluding hydrogens is 323 g/mol. The molecule has 0 aliphatic heterocycles. The molecule has 0 radical (unpaired) electrons. The molecule has 6 nitrogen and oxygen atoms in total. The number of hydrogen-bond acceptors (Lipinski definition) is 4. The van der Waals surface area contributed by atoms with E-state index in [1.165, 1.54) is 12.1 Å². The van der Waals surface area contributed by atoms with Gasteiger partial charge in [0.15, 0.2) is 0 Å². The Morgan fingerprint density at radius 1 is 1.32 bits per heavy atom. The largest absolute Gasteiger partial charge is 0.448 e. The number of halogens is 1. The van der Waals surface area contributed by atoms with Crippen molar-refractivity contribution in [3.8, 4) is 11.1 Å². The Kier molecular flexibility index (Phi) is 4.95. The SMILES string of the molecule is CN(C)CCOC(=O)Nc1cc(F)cc(-c2ccnc3[nH]ccc23)c1. The highest BCUT2D eigenvalue weighted by Crippen LogP contribution is 2.29. The van der Waals surface area contributed by atoms with Gasteiger partial charge in [-0.15, -0.1) is 0 Å². The molecule has 0 saturated carbocycles. The van der Waals surface area contributed by atoms with Crippen molar-refractivity contribution in [1.82, 2.24) is 14.9 Å². The molecule has 2 aromatic heterocycles. The van der Waals surface area contributed by atoms with Gasteiger partial charge in [0, 0.05) is 30.0 Å². The molecular formula is C18H19FN4O2. The van der Waals surface area contributed by atoms with Crippen LogP contribution in [-0.4, -0.2) is 48.2 Å². The molecule has 3 aromatic rings. The zero-order valence-electron chi connectivity index (χ0n) is 14.0. The van der Waals surface area contributed by atoms with Gasteiger partial charge >= 0.3 is 6.09 Å². The summed E-state index contributed by atoms with van der Waals surface area (Å²) in [7, 11) is 3.77. The number of anilines is 1. The zero-order chi connectivity index (χ0) is 17.8. The van der Waals surface area contributed by atoms with E-state index in [4.69, 9.17) is 4.74 Å². The molecule has 2 N–H and O–H groups in total. The summed E-state index contributed by atoms with van der Waals surface area (Å²) in [6, 6.07) is 8.07. The molecule has 2 heterocycles. The van der Waals surface area contributed by atoms with Crippen LogP contribution in [0.15, 0.2) is 42.7 Å². The van der Waals surface area contributed by atoms with Gasteiger partial charge in [0.25, 0.3) is 0 Å². The van der Waals surface area contributed by atoms with Gasteiger partial charge in [-0.05, 0) is 55.6 Å². The van der Waals surface area contributed by atoms with Gasteiger partial charge in [-0.25, -0.2) is 14.2 Å². The number of nitrogens with zero attached hydrogens (tertiary/aromatic N) is 2. The first-order valence-electron chi connectivity index (χ1n) is 7.84. The summed E-state index contributed by atoms with van der Waals surface area (Å²) in [4.78, 5) is 21.0. The Morgan fingerprint density at radius 2 is 2.16 bits per heavy atom. The zero-order valence-corrected chi connectivity index (χ0v) is 14.0. The standard InChI is InChI=1S/C18H19FN4O2/c1-23(2)7-8-25-18(24)22-14-10-12(9-13(19)11-14)15-3-5-20-17-16(15)4-6-21-17/h3-6,9-11H,7-8H2,1-2H3,(H,20,21)(H,22,24). The Morgan fingerprint density at radius 3 is 2.96 bits per heavy atom. The molecule has 0 bridgehead atoms. The van der Waals surface area contributed by atoms with Crippen LogP contribution >= 0.6 is 0 Å². The maximum atomic E-state index is 14.0. The number of aromatic amines is 1. The van der Waals surface area contributed by atoms with E-state index < -0.39 is 11.9 Å². The van der Waals surface area contributed by atoms with Crippen molar-refractivity contribution in [3.63, 3.8) is 0 Å². The van der Waals surface area contributed by atoms with E-state index >= 15 is 0 Å². The summed E-state index contributed by atoms with van der Waals surface area (Å²) < 4.78 is 19.1. The number of aromatic nitrogens is 2. The second-order valence-electron chi connectivity index (χ2n) is 5.89. The van der Waals surface area contributed by atoms with Crippen molar-refractivity contribution in [2.24, 2.45) is 0 Å². The minimum atomic E-state index is -0.611. The fraction of sp³-hybridized carbons (Fsp3) is 0.222. The normalized spacial score (nSPS) is 11.0. The van der Waals surface area contributed by atoms with E-state index in [0.29, 0.717) is 17.8 Å². The summed E-state index contributed by atoms with van der Waals surface area (Å²) >= 11 is 0. The third-order valence-electron chi connectivity index (χ3n) is 3.69. The summed E-state index contributed by atoms with van der Waals surface area (Å²) in [5, 5.41) is 3.45. The molecule has 1 aromatic carbocycles. The summed E-state index contributed by atoms with van der Waals surface area (Å²) in [5.41, 5.74) is 2.54. The predicted octanol–water partition coefficient (Wildman–Crippen LogP) is 3.48. The number of nitrogens with one attached hydrogen (secondary N) is 2. The van der Waals surface area contributed by atoms with Crippen LogP contribution in [0.5, 0.6) is 0 Å². The maximum absolute atomic E-state index is 14.0. The van der Waals surface area contributed by atoms with Gasteiger partial charge in [0.2, 0.25) is 0 Å². The summed E-state index contributed by atoms with van der Waals surface area (Å²) in [6.45, 7) is 0.875. The number of H-pyrrole nitrogens is 1. The lowest BCUT2D eigenvalue weighted by molar-refractivity contribution is 0.151. The predicted molar refractivity (Wildman–Crippen MR) is 95.0 cm³/mol. The molecule has 1 amide bonds. The van der Waals surface area contributed by atoms with Crippen molar-refractivity contribution in [2.45, 2.75) is 0 Å². The van der Waals surface area contributed by atoms with Crippen LogP contribution < -0.4 is 5.32 Å². The van der Waals surface area contributed by atoms with E-state index in [1.807, 2.05) is 31.1 Å². The van der Waals surface area contributed by atoms with Gasteiger partial charge in [0.05, 0.1) is 0 Å². The molecule has 0 spiro atoms. The van der Waals surface area contributed by atoms with Gasteiger partial charge < -0.3 is 14.6 Å². The average Bonchev–Trinajstić information content (AvgIpc) is 3.02. The first kappa shape index (κ1) is 16.9. The van der Waals surface area contributed by atoms with Crippen LogP contribution in [0.2, 0.25) is 0 Å². The summed E-state index contributed by atoms with van der Waals surface area (Å²) in [6.07, 6.45) is 2.82. The van der Waals surface area contributed by atoms with Crippen LogP contribution in [0, 0.1) is 5.82 Å². The van der Waals surface area contributed by atoms with Crippen LogP contribution in [0.3, 0.4) is 0 Å². The number of rotatable bonds is 5. The number of pyridine rings is 1. The van der Waals surface area contributed by atoms with Crippen molar-refractivity contribution >= 4 is 22.8 Å². The second kappa shape index (κ2) is 7.31. The highest BCUT2D eigenvalue weighted by molar-refractivity contribution is 5.94. The molecule has 0 saturated heterocycles. The molecule has 25 heavy (non-hydrogen) atoms. The lowest BCUT2D eigenvalue weighted by atomic mass is 10.0. The van der Waals surface area contributed by atoms with Crippen molar-refractivity contribution < 1.29 is 13.9 Å². The molecule has 0 aliphatic carbocycles. The number of carbonyl (C=O) groups excluding carboxylic acids is 1. The van der Waals surface area contributed by atoms with Gasteiger partial charge in [-0.2, -0.15) is 0 Å². The highest BCUT2D eigenvalue weighted by Gasteiger charge is 2.10. The fourth-order valence-corrected chi connectivity index (χ4v) is 2.50. The fourth-order valence-electron chi connectivity index (χ4n) is 2.50. The van der Waals surface area contributed by atoms with Gasteiger partial charge in [-0.3, -0.25) is 5.32 Å². The van der Waals surface area contributed by atoms with E-state index in [-0.39, 0.29) is 6.61 Å². The molecule has 7 heteroatoms. The molecule has 0 aliphatic rings. The number of fused-ring (bicyclic) bond motifs is 1. The molecule has 3 rings (SSSR count). The van der Waals surface area contributed by atoms with Crippen molar-refractivity contribution in [1.29, 1.82) is 0 Å². The number of benzene rings is 1. The average molecular weight is 342 g/mol. The van der Waals surface area contributed by atoms with Crippen molar-refractivity contribution in [2.75, 3.05) is 32.6 Å². The Bertz CT molecular complexity index is 892. The molecule has 130 valence electrons. The highest BCUT2D eigenvalue weighted by atomic mass is 19.1. The Balaban J connectivity index is 1.81. The first-order valence-corrected chi connectivity index (χ1v) is 7.84. The third kappa shape index (κ3) is 4.13. The van der Waals surface area contributed by atoms with Crippen LogP contribution in [0.1, 0.15) is 0 Å². The number of ether oxygens (including phenoxy) is 1. The van der Waals surface area contributed by atoms with E-state index in [9.17, 15) is 9.18 Å². The topological polar surface area (TPSA) is 70.2 Å². The number of amides is 1. The number of likely N-dealkylation sites (N-methyl/N-ethyl adjacent to an activating group) is 1. The van der Waals surface area contributed by atoms with E-state index in [2.05, 4.69) is 15.3 Å². The number of hydrogen-bond donors (Lipinski definition) is 2. The molecule has 0 unspecified atom stereocenters. The van der Waals surface area contributed by atoms with Crippen molar-refractivity contribution in [3.05, 3.63) is 48.5 Å². The lowest BCUT2D eigenvalue weighted by Crippen LogP contribution is -2.22. The monoisotopic (exact) mass is 342 g/mol. The van der Waals surface area contributed by atoms with Crippen LogP contribution in [0.25, 0.3) is 22.2 Å². The van der Waals surface area contributed by atoms with Crippen LogP contribution in [-0.2, 0) is 4.74 Å². The third-order valence-corrected chi connectivity index (χ3v) is 3.69. The maximum Gasteiger partial charge on any atom is 0.411 e. The molecule has 0 atom stereocenters. The second-order valence-corrected chi connectivity index (χ2v) is 5.89. The lowest BCUT2D eigenvalue weighted by Gasteiger charge is -2.12. The van der Waals surface area contributed by atoms with E-state index in [0.717, 1.165) is 16.6 Å². The summed E-state index contributed by atoms with van der Waals surface area (Å²) in [5.74, 6) is -0.443. The van der Waals surface area contributed by atoms with E-state index in [1.54, 1.807) is 18.5 Å².